The van der Waals surface area contributed by atoms with Gasteiger partial charge in [0.2, 0.25) is 0 Å². The van der Waals surface area contributed by atoms with Gasteiger partial charge in [-0.3, -0.25) is 4.68 Å². The Morgan fingerprint density at radius 1 is 1.16 bits per heavy atom. The highest BCUT2D eigenvalue weighted by Gasteiger charge is 2.07. The second kappa shape index (κ2) is 7.82. The molecule has 8 heteroatoms. The zero-order valence-corrected chi connectivity index (χ0v) is 15.2. The minimum atomic E-state index is -0.264. The number of benzene rings is 2. The predicted octanol–water partition coefficient (Wildman–Crippen LogP) is 5.19. The van der Waals surface area contributed by atoms with Gasteiger partial charge in [0.25, 0.3) is 0 Å². The summed E-state index contributed by atoms with van der Waals surface area (Å²) in [5, 5.41) is 11.6. The first-order valence-corrected chi connectivity index (χ1v) is 8.46. The van der Waals surface area contributed by atoms with E-state index < -0.39 is 0 Å². The summed E-state index contributed by atoms with van der Waals surface area (Å²) in [7, 11) is 0. The van der Waals surface area contributed by atoms with Crippen molar-refractivity contribution in [1.29, 1.82) is 0 Å². The molecule has 0 amide bonds. The van der Waals surface area contributed by atoms with E-state index in [1.54, 1.807) is 53.5 Å². The van der Waals surface area contributed by atoms with Crippen LogP contribution in [0.2, 0.25) is 10.0 Å². The van der Waals surface area contributed by atoms with Crippen LogP contribution in [0.4, 0.5) is 15.8 Å². The van der Waals surface area contributed by atoms with Crippen molar-refractivity contribution in [1.82, 2.24) is 9.78 Å². The van der Waals surface area contributed by atoms with E-state index in [4.69, 9.17) is 35.4 Å². The molecule has 0 saturated heterocycles. The summed E-state index contributed by atoms with van der Waals surface area (Å²) in [4.78, 5) is 0. The number of anilines is 2. The van der Waals surface area contributed by atoms with Crippen molar-refractivity contribution in [3.63, 3.8) is 0 Å². The Labute approximate surface area is 159 Å². The molecular formula is C17H13Cl2FN4S. The van der Waals surface area contributed by atoms with Gasteiger partial charge in [0.15, 0.2) is 5.11 Å². The number of halogens is 3. The zero-order valence-electron chi connectivity index (χ0n) is 12.8. The predicted molar refractivity (Wildman–Crippen MR) is 104 cm³/mol. The van der Waals surface area contributed by atoms with E-state index >= 15 is 0 Å². The molecular weight excluding hydrogens is 382 g/mol. The van der Waals surface area contributed by atoms with Crippen molar-refractivity contribution >= 4 is 51.9 Å². The van der Waals surface area contributed by atoms with Gasteiger partial charge in [-0.2, -0.15) is 5.10 Å². The highest BCUT2D eigenvalue weighted by molar-refractivity contribution is 7.80. The number of hydrogen-bond donors (Lipinski definition) is 2. The van der Waals surface area contributed by atoms with Gasteiger partial charge < -0.3 is 10.6 Å². The lowest BCUT2D eigenvalue weighted by Crippen LogP contribution is -2.19. The lowest BCUT2D eigenvalue weighted by molar-refractivity contribution is 0.585. The van der Waals surface area contributed by atoms with Crippen molar-refractivity contribution in [3.05, 3.63) is 76.3 Å². The van der Waals surface area contributed by atoms with Crippen LogP contribution in [0, 0.1) is 5.82 Å². The summed E-state index contributed by atoms with van der Waals surface area (Å²) < 4.78 is 15.3. The lowest BCUT2D eigenvalue weighted by atomic mass is 10.2. The van der Waals surface area contributed by atoms with Crippen molar-refractivity contribution < 1.29 is 4.39 Å². The molecule has 0 spiro atoms. The molecule has 128 valence electrons. The second-order valence-corrected chi connectivity index (χ2v) is 6.47. The van der Waals surface area contributed by atoms with Crippen LogP contribution in [0.5, 0.6) is 0 Å². The summed E-state index contributed by atoms with van der Waals surface area (Å²) in [5.41, 5.74) is 1.83. The maximum absolute atomic E-state index is 13.7. The van der Waals surface area contributed by atoms with Crippen LogP contribution in [-0.4, -0.2) is 14.9 Å². The van der Waals surface area contributed by atoms with E-state index in [-0.39, 0.29) is 5.82 Å². The van der Waals surface area contributed by atoms with E-state index in [0.29, 0.717) is 38.6 Å². The van der Waals surface area contributed by atoms with Gasteiger partial charge in [-0.05, 0) is 36.5 Å². The van der Waals surface area contributed by atoms with Gasteiger partial charge in [-0.15, -0.1) is 0 Å². The fraction of sp³-hybridized carbons (Fsp3) is 0.0588. The van der Waals surface area contributed by atoms with Crippen LogP contribution in [0.1, 0.15) is 5.56 Å². The molecule has 0 aliphatic rings. The van der Waals surface area contributed by atoms with Crippen LogP contribution in [0.15, 0.2) is 54.9 Å². The third-order valence-electron chi connectivity index (χ3n) is 3.36. The molecule has 3 rings (SSSR count). The van der Waals surface area contributed by atoms with Gasteiger partial charge in [0.1, 0.15) is 5.82 Å². The monoisotopic (exact) mass is 394 g/mol. The Bertz CT molecular complexity index is 913. The average Bonchev–Trinajstić information content (AvgIpc) is 3.00. The minimum absolute atomic E-state index is 0.264. The van der Waals surface area contributed by atoms with Crippen molar-refractivity contribution in [2.75, 3.05) is 10.6 Å². The Morgan fingerprint density at radius 3 is 2.76 bits per heavy atom. The topological polar surface area (TPSA) is 41.9 Å². The number of aromatic nitrogens is 2. The molecule has 0 atom stereocenters. The molecule has 2 N–H and O–H groups in total. The normalized spacial score (nSPS) is 10.5. The Morgan fingerprint density at radius 2 is 1.96 bits per heavy atom. The fourth-order valence-electron chi connectivity index (χ4n) is 2.19. The highest BCUT2D eigenvalue weighted by atomic mass is 35.5. The van der Waals surface area contributed by atoms with Crippen molar-refractivity contribution in [2.24, 2.45) is 0 Å². The van der Waals surface area contributed by atoms with Crippen LogP contribution in [0.3, 0.4) is 0 Å². The van der Waals surface area contributed by atoms with E-state index in [9.17, 15) is 4.39 Å². The van der Waals surface area contributed by atoms with Gasteiger partial charge >= 0.3 is 0 Å². The lowest BCUT2D eigenvalue weighted by Gasteiger charge is -2.10. The second-order valence-electron chi connectivity index (χ2n) is 5.22. The van der Waals surface area contributed by atoms with Crippen LogP contribution in [-0.2, 0) is 6.54 Å². The third kappa shape index (κ3) is 4.69. The molecule has 0 unspecified atom stereocenters. The van der Waals surface area contributed by atoms with E-state index in [0.717, 1.165) is 0 Å². The summed E-state index contributed by atoms with van der Waals surface area (Å²) in [6.45, 7) is 0.328. The molecule has 1 aromatic heterocycles. The van der Waals surface area contributed by atoms with E-state index in [1.165, 1.54) is 6.07 Å². The third-order valence-corrected chi connectivity index (χ3v) is 4.13. The molecule has 4 nitrogen and oxygen atoms in total. The molecule has 0 aliphatic heterocycles. The average molecular weight is 395 g/mol. The first kappa shape index (κ1) is 17.7. The zero-order chi connectivity index (χ0) is 17.8. The first-order valence-electron chi connectivity index (χ1n) is 7.30. The van der Waals surface area contributed by atoms with Gasteiger partial charge in [0.05, 0.1) is 29.1 Å². The van der Waals surface area contributed by atoms with E-state index in [2.05, 4.69) is 15.7 Å². The molecule has 0 fully saturated rings. The smallest absolute Gasteiger partial charge is 0.175 e. The van der Waals surface area contributed by atoms with Gasteiger partial charge in [-0.25, -0.2) is 4.39 Å². The Hall–Kier alpha value is -2.15. The molecule has 0 saturated carbocycles. The number of thiocarbonyl (C=S) groups is 1. The SMILES string of the molecule is Fc1ccccc1Cn1cc(NC(=S)Nc2cc(Cl)ccc2Cl)cn1. The molecule has 0 radical (unpaired) electrons. The fourth-order valence-corrected chi connectivity index (χ4v) is 2.76. The molecule has 0 bridgehead atoms. The summed E-state index contributed by atoms with van der Waals surface area (Å²) >= 11 is 17.3. The summed E-state index contributed by atoms with van der Waals surface area (Å²) in [6.07, 6.45) is 3.34. The van der Waals surface area contributed by atoms with Crippen molar-refractivity contribution in [2.45, 2.75) is 6.54 Å². The summed E-state index contributed by atoms with van der Waals surface area (Å²) in [5.74, 6) is -0.264. The largest absolute Gasteiger partial charge is 0.331 e. The molecule has 0 aliphatic carbocycles. The molecule has 2 aromatic carbocycles. The Kier molecular flexibility index (Phi) is 5.53. The minimum Gasteiger partial charge on any atom is -0.331 e. The van der Waals surface area contributed by atoms with Gasteiger partial charge in [0, 0.05) is 16.8 Å². The number of nitrogens with one attached hydrogen (secondary N) is 2. The Balaban J connectivity index is 1.64. The van der Waals surface area contributed by atoms with Crippen molar-refractivity contribution in [3.8, 4) is 0 Å². The molecule has 1 heterocycles. The van der Waals surface area contributed by atoms with Gasteiger partial charge in [-0.1, -0.05) is 41.4 Å². The van der Waals surface area contributed by atoms with Crippen LogP contribution < -0.4 is 10.6 Å². The standard InChI is InChI=1S/C17H13Cl2FN4S/c18-12-5-6-14(19)16(7-12)23-17(25)22-13-8-21-24(10-13)9-11-3-1-2-4-15(11)20/h1-8,10H,9H2,(H2,22,23,25). The number of nitrogens with zero attached hydrogens (tertiary/aromatic N) is 2. The highest BCUT2D eigenvalue weighted by Crippen LogP contribution is 2.25. The summed E-state index contributed by atoms with van der Waals surface area (Å²) in [6, 6.07) is 11.6. The quantitative estimate of drug-likeness (QED) is 0.597. The molecule has 3 aromatic rings. The van der Waals surface area contributed by atoms with Crippen LogP contribution in [0.25, 0.3) is 0 Å². The maximum Gasteiger partial charge on any atom is 0.175 e. The molecule has 25 heavy (non-hydrogen) atoms. The van der Waals surface area contributed by atoms with E-state index in [1.807, 2.05) is 0 Å². The number of hydrogen-bond acceptors (Lipinski definition) is 2. The maximum atomic E-state index is 13.7. The van der Waals surface area contributed by atoms with Crippen LogP contribution >= 0.6 is 35.4 Å². The number of rotatable bonds is 4. The first-order chi connectivity index (χ1) is 12.0.